The van der Waals surface area contributed by atoms with E-state index in [1.54, 1.807) is 6.07 Å². The van der Waals surface area contributed by atoms with E-state index in [0.29, 0.717) is 0 Å². The molecule has 0 amide bonds. The van der Waals surface area contributed by atoms with E-state index in [4.69, 9.17) is 5.26 Å². The van der Waals surface area contributed by atoms with Crippen LogP contribution in [0.2, 0.25) is 0 Å². The van der Waals surface area contributed by atoms with Gasteiger partial charge in [0.25, 0.3) is 6.43 Å². The van der Waals surface area contributed by atoms with Crippen molar-refractivity contribution >= 4 is 15.9 Å². The minimum absolute atomic E-state index is 0.0206. The summed E-state index contributed by atoms with van der Waals surface area (Å²) >= 11 is 2.88. The molecule has 0 aromatic carbocycles. The van der Waals surface area contributed by atoms with Gasteiger partial charge in [-0.2, -0.15) is 5.26 Å². The molecule has 1 rings (SSSR count). The Balaban J connectivity index is 3.25. The second kappa shape index (κ2) is 3.59. The molecule has 0 aliphatic heterocycles. The van der Waals surface area contributed by atoms with Gasteiger partial charge in [-0.3, -0.25) is 0 Å². The number of rotatable bonds is 1. The number of halogens is 3. The van der Waals surface area contributed by atoms with Gasteiger partial charge >= 0.3 is 0 Å². The average molecular weight is 233 g/mol. The van der Waals surface area contributed by atoms with Crippen LogP contribution >= 0.6 is 15.9 Å². The molecule has 2 nitrogen and oxygen atoms in total. The van der Waals surface area contributed by atoms with Crippen LogP contribution in [0.15, 0.2) is 16.7 Å². The van der Waals surface area contributed by atoms with E-state index in [0.717, 1.165) is 0 Å². The summed E-state index contributed by atoms with van der Waals surface area (Å²) in [5, 5.41) is 8.44. The van der Waals surface area contributed by atoms with Gasteiger partial charge in [0.15, 0.2) is 5.69 Å². The quantitative estimate of drug-likeness (QED) is 0.747. The maximum absolute atomic E-state index is 12.2. The van der Waals surface area contributed by atoms with Crippen LogP contribution in [0.3, 0.4) is 0 Å². The summed E-state index contributed by atoms with van der Waals surface area (Å²) in [4.78, 5) is 3.60. The summed E-state index contributed by atoms with van der Waals surface area (Å²) in [6.45, 7) is 0. The number of aromatic nitrogens is 1. The molecule has 0 N–H and O–H groups in total. The standard InChI is InChI=1S/C7H3BrF2N2/c8-6-4(7(9)10)1-2-12-5(6)3-11/h1-2,7H. The molecule has 62 valence electrons. The third kappa shape index (κ3) is 1.59. The highest BCUT2D eigenvalue weighted by Gasteiger charge is 2.14. The molecular weight excluding hydrogens is 230 g/mol. The van der Waals surface area contributed by atoms with E-state index >= 15 is 0 Å². The maximum atomic E-state index is 12.2. The highest BCUT2D eigenvalue weighted by atomic mass is 79.9. The van der Waals surface area contributed by atoms with Crippen molar-refractivity contribution in [3.8, 4) is 6.07 Å². The summed E-state index contributed by atoms with van der Waals surface area (Å²) in [5.41, 5.74) is -0.227. The fraction of sp³-hybridized carbons (Fsp3) is 0.143. The Hall–Kier alpha value is -1.02. The van der Waals surface area contributed by atoms with Crippen LogP contribution < -0.4 is 0 Å². The van der Waals surface area contributed by atoms with Crippen molar-refractivity contribution in [2.45, 2.75) is 6.43 Å². The van der Waals surface area contributed by atoms with Crippen molar-refractivity contribution in [3.05, 3.63) is 28.0 Å². The Morgan fingerprint density at radius 2 is 2.25 bits per heavy atom. The third-order valence-corrected chi connectivity index (χ3v) is 2.09. The minimum atomic E-state index is -2.59. The molecular formula is C7H3BrF2N2. The van der Waals surface area contributed by atoms with Gasteiger partial charge in [-0.05, 0) is 22.0 Å². The molecule has 0 fully saturated rings. The topological polar surface area (TPSA) is 36.7 Å². The summed E-state index contributed by atoms with van der Waals surface area (Å²) in [6, 6.07) is 2.88. The van der Waals surface area contributed by atoms with Crippen LogP contribution in [0.4, 0.5) is 8.78 Å². The van der Waals surface area contributed by atoms with E-state index in [9.17, 15) is 8.78 Å². The predicted octanol–water partition coefficient (Wildman–Crippen LogP) is 2.65. The molecule has 0 spiro atoms. The first kappa shape index (κ1) is 9.07. The smallest absolute Gasteiger partial charge is 0.244 e. The number of nitrogens with zero attached hydrogens (tertiary/aromatic N) is 2. The van der Waals surface area contributed by atoms with Crippen LogP contribution in [0.5, 0.6) is 0 Å². The van der Waals surface area contributed by atoms with Crippen molar-refractivity contribution in [1.29, 1.82) is 5.26 Å². The fourth-order valence-electron chi connectivity index (χ4n) is 0.705. The minimum Gasteiger partial charge on any atom is -0.244 e. The van der Waals surface area contributed by atoms with E-state index < -0.39 is 6.43 Å². The van der Waals surface area contributed by atoms with Gasteiger partial charge < -0.3 is 0 Å². The molecule has 1 heterocycles. The molecule has 0 saturated carbocycles. The first-order chi connectivity index (χ1) is 5.66. The second-order valence-electron chi connectivity index (χ2n) is 1.98. The molecule has 1 aromatic rings. The van der Waals surface area contributed by atoms with Crippen molar-refractivity contribution in [2.24, 2.45) is 0 Å². The van der Waals surface area contributed by atoms with E-state index in [2.05, 4.69) is 20.9 Å². The summed E-state index contributed by atoms with van der Waals surface area (Å²) < 4.78 is 24.4. The monoisotopic (exact) mass is 232 g/mol. The van der Waals surface area contributed by atoms with Crippen LogP contribution in [0, 0.1) is 11.3 Å². The van der Waals surface area contributed by atoms with Gasteiger partial charge in [0.1, 0.15) is 6.07 Å². The Kier molecular flexibility index (Phi) is 2.71. The van der Waals surface area contributed by atoms with E-state index in [1.165, 1.54) is 12.3 Å². The summed E-state index contributed by atoms with van der Waals surface area (Å²) in [7, 11) is 0. The molecule has 1 aromatic heterocycles. The Bertz CT molecular complexity index is 333. The molecule has 0 unspecified atom stereocenters. The fourth-order valence-corrected chi connectivity index (χ4v) is 1.20. The van der Waals surface area contributed by atoms with Crippen LogP contribution in [-0.2, 0) is 0 Å². The van der Waals surface area contributed by atoms with Crippen LogP contribution in [0.25, 0.3) is 0 Å². The summed E-state index contributed by atoms with van der Waals surface area (Å²) in [5.74, 6) is 0. The average Bonchev–Trinajstić information content (AvgIpc) is 2.04. The lowest BCUT2D eigenvalue weighted by Gasteiger charge is -2.02. The first-order valence-corrected chi connectivity index (χ1v) is 3.78. The Morgan fingerprint density at radius 1 is 1.58 bits per heavy atom. The molecule has 0 radical (unpaired) electrons. The number of pyridine rings is 1. The molecule has 0 atom stereocenters. The van der Waals surface area contributed by atoms with Crippen LogP contribution in [-0.4, -0.2) is 4.98 Å². The zero-order valence-electron chi connectivity index (χ0n) is 5.76. The van der Waals surface area contributed by atoms with Crippen molar-refractivity contribution in [3.63, 3.8) is 0 Å². The van der Waals surface area contributed by atoms with Gasteiger partial charge in [0, 0.05) is 11.8 Å². The number of nitriles is 1. The second-order valence-corrected chi connectivity index (χ2v) is 2.77. The molecule has 0 aliphatic carbocycles. The SMILES string of the molecule is N#Cc1nccc(C(F)F)c1Br. The first-order valence-electron chi connectivity index (χ1n) is 2.99. The highest BCUT2D eigenvalue weighted by molar-refractivity contribution is 9.10. The Labute approximate surface area is 76.0 Å². The zero-order chi connectivity index (χ0) is 9.14. The van der Waals surface area contributed by atoms with Crippen molar-refractivity contribution < 1.29 is 8.78 Å². The zero-order valence-corrected chi connectivity index (χ0v) is 7.35. The lowest BCUT2D eigenvalue weighted by Crippen LogP contribution is -1.91. The van der Waals surface area contributed by atoms with Crippen molar-refractivity contribution in [2.75, 3.05) is 0 Å². The molecule has 0 aliphatic rings. The van der Waals surface area contributed by atoms with E-state index in [1.807, 2.05) is 0 Å². The van der Waals surface area contributed by atoms with Gasteiger partial charge in [-0.25, -0.2) is 13.8 Å². The number of alkyl halides is 2. The number of hydrogen-bond donors (Lipinski definition) is 0. The molecule has 0 saturated heterocycles. The van der Waals surface area contributed by atoms with Gasteiger partial charge in [-0.1, -0.05) is 0 Å². The Morgan fingerprint density at radius 3 is 2.75 bits per heavy atom. The van der Waals surface area contributed by atoms with E-state index in [-0.39, 0.29) is 15.7 Å². The highest BCUT2D eigenvalue weighted by Crippen LogP contribution is 2.28. The molecule has 12 heavy (non-hydrogen) atoms. The molecule has 5 heteroatoms. The normalized spacial score (nSPS) is 9.92. The molecule has 0 bridgehead atoms. The lowest BCUT2D eigenvalue weighted by molar-refractivity contribution is 0.150. The summed E-state index contributed by atoms with van der Waals surface area (Å²) in [6.07, 6.45) is -1.40. The van der Waals surface area contributed by atoms with Crippen LogP contribution in [0.1, 0.15) is 17.7 Å². The maximum Gasteiger partial charge on any atom is 0.265 e. The predicted molar refractivity (Wildman–Crippen MR) is 41.6 cm³/mol. The number of hydrogen-bond acceptors (Lipinski definition) is 2. The lowest BCUT2D eigenvalue weighted by atomic mass is 10.2. The van der Waals surface area contributed by atoms with Gasteiger partial charge in [0.2, 0.25) is 0 Å². The van der Waals surface area contributed by atoms with Crippen molar-refractivity contribution in [1.82, 2.24) is 4.98 Å². The van der Waals surface area contributed by atoms with Gasteiger partial charge in [-0.15, -0.1) is 0 Å². The third-order valence-electron chi connectivity index (χ3n) is 1.26. The largest absolute Gasteiger partial charge is 0.265 e. The van der Waals surface area contributed by atoms with Gasteiger partial charge in [0.05, 0.1) is 4.47 Å².